The minimum Gasteiger partial charge on any atom is -0.497 e. The standard InChI is InChI=1S/C27H23Cl2N5O5S/c1-37-20-8-5-17(6-9-20)26(36)31-27-34-33-25(40-27)13-24(35)32-30-14-16-3-10-22(23(11-16)38-2)39-15-18-4-7-19(28)12-21(18)29/h3-12,14H,13,15H2,1-2H3,(H,32,35)(H,31,34,36)/b30-14+. The lowest BCUT2D eigenvalue weighted by atomic mass is 10.2. The first-order valence-electron chi connectivity index (χ1n) is 11.7. The number of benzene rings is 3. The van der Waals surface area contributed by atoms with Gasteiger partial charge in [0.15, 0.2) is 11.5 Å². The molecule has 40 heavy (non-hydrogen) atoms. The Hall–Kier alpha value is -4.19. The number of nitrogens with one attached hydrogen (secondary N) is 2. The summed E-state index contributed by atoms with van der Waals surface area (Å²) < 4.78 is 16.4. The molecule has 4 aromatic rings. The van der Waals surface area contributed by atoms with Crippen molar-refractivity contribution in [1.82, 2.24) is 15.6 Å². The second kappa shape index (κ2) is 13.7. The molecule has 0 aliphatic rings. The van der Waals surface area contributed by atoms with Crippen LogP contribution in [0.15, 0.2) is 65.8 Å². The molecule has 0 radical (unpaired) electrons. The van der Waals surface area contributed by atoms with Gasteiger partial charge in [-0.15, -0.1) is 10.2 Å². The lowest BCUT2D eigenvalue weighted by molar-refractivity contribution is -0.120. The molecule has 0 spiro atoms. The highest BCUT2D eigenvalue weighted by molar-refractivity contribution is 7.15. The molecular formula is C27H23Cl2N5O5S. The molecule has 0 saturated heterocycles. The van der Waals surface area contributed by atoms with Gasteiger partial charge in [0.05, 0.1) is 26.9 Å². The molecule has 0 fully saturated rings. The Morgan fingerprint density at radius 3 is 2.50 bits per heavy atom. The number of nitrogens with zero attached hydrogens (tertiary/aromatic N) is 3. The van der Waals surface area contributed by atoms with Crippen LogP contribution in [0.25, 0.3) is 0 Å². The van der Waals surface area contributed by atoms with Crippen molar-refractivity contribution < 1.29 is 23.8 Å². The minimum atomic E-state index is -0.396. The molecule has 2 N–H and O–H groups in total. The van der Waals surface area contributed by atoms with Crippen LogP contribution < -0.4 is 25.0 Å². The van der Waals surface area contributed by atoms with Crippen molar-refractivity contribution in [3.63, 3.8) is 0 Å². The van der Waals surface area contributed by atoms with E-state index in [-0.39, 0.29) is 24.1 Å². The van der Waals surface area contributed by atoms with Gasteiger partial charge in [-0.2, -0.15) is 5.10 Å². The maximum atomic E-state index is 12.4. The minimum absolute atomic E-state index is 0.0588. The molecule has 0 unspecified atom stereocenters. The lowest BCUT2D eigenvalue weighted by Gasteiger charge is -2.12. The van der Waals surface area contributed by atoms with Crippen molar-refractivity contribution in [1.29, 1.82) is 0 Å². The van der Waals surface area contributed by atoms with Gasteiger partial charge in [-0.25, -0.2) is 5.43 Å². The zero-order valence-corrected chi connectivity index (χ0v) is 23.6. The number of hydrogen-bond donors (Lipinski definition) is 2. The van der Waals surface area contributed by atoms with Gasteiger partial charge < -0.3 is 14.2 Å². The van der Waals surface area contributed by atoms with E-state index in [1.807, 2.05) is 0 Å². The van der Waals surface area contributed by atoms with E-state index in [0.29, 0.717) is 43.4 Å². The monoisotopic (exact) mass is 599 g/mol. The molecule has 13 heteroatoms. The Morgan fingerprint density at radius 2 is 1.77 bits per heavy atom. The molecule has 3 aromatic carbocycles. The molecular weight excluding hydrogens is 577 g/mol. The summed E-state index contributed by atoms with van der Waals surface area (Å²) >= 11 is 13.2. The van der Waals surface area contributed by atoms with Crippen molar-refractivity contribution in [3.05, 3.63) is 92.4 Å². The van der Waals surface area contributed by atoms with E-state index in [1.54, 1.807) is 67.8 Å². The first-order valence-corrected chi connectivity index (χ1v) is 13.3. The van der Waals surface area contributed by atoms with Crippen LogP contribution in [-0.4, -0.2) is 42.4 Å². The van der Waals surface area contributed by atoms with Crippen LogP contribution in [0.5, 0.6) is 17.2 Å². The number of aromatic nitrogens is 2. The molecule has 4 rings (SSSR count). The Morgan fingerprint density at radius 1 is 0.975 bits per heavy atom. The number of carbonyl (C=O) groups is 2. The van der Waals surface area contributed by atoms with Crippen molar-refractivity contribution >= 4 is 57.7 Å². The second-order valence-electron chi connectivity index (χ2n) is 8.09. The Kier molecular flexibility index (Phi) is 9.90. The summed E-state index contributed by atoms with van der Waals surface area (Å²) in [5.41, 5.74) is 4.34. The van der Waals surface area contributed by atoms with E-state index in [1.165, 1.54) is 13.3 Å². The van der Waals surface area contributed by atoms with Gasteiger partial charge in [-0.05, 0) is 60.2 Å². The third-order valence-corrected chi connectivity index (χ3v) is 6.77. The van der Waals surface area contributed by atoms with Gasteiger partial charge in [0.2, 0.25) is 11.0 Å². The predicted octanol–water partition coefficient (Wildman–Crippen LogP) is 5.39. The fourth-order valence-corrected chi connectivity index (χ4v) is 4.52. The average molecular weight is 600 g/mol. The summed E-state index contributed by atoms with van der Waals surface area (Å²) in [6.45, 7) is 0.231. The molecule has 0 atom stereocenters. The normalized spacial score (nSPS) is 10.8. The molecule has 206 valence electrons. The average Bonchev–Trinajstić information content (AvgIpc) is 3.39. The number of hydrazone groups is 1. The van der Waals surface area contributed by atoms with Crippen molar-refractivity contribution in [2.24, 2.45) is 5.10 Å². The summed E-state index contributed by atoms with van der Waals surface area (Å²) in [4.78, 5) is 24.7. The van der Waals surface area contributed by atoms with Crippen LogP contribution in [0.4, 0.5) is 5.13 Å². The van der Waals surface area contributed by atoms with E-state index >= 15 is 0 Å². The molecule has 1 aromatic heterocycles. The number of amides is 2. The Labute approximate surface area is 243 Å². The molecule has 0 aliphatic carbocycles. The van der Waals surface area contributed by atoms with E-state index in [9.17, 15) is 9.59 Å². The van der Waals surface area contributed by atoms with E-state index in [0.717, 1.165) is 16.9 Å². The van der Waals surface area contributed by atoms with Gasteiger partial charge in [0.25, 0.3) is 5.91 Å². The summed E-state index contributed by atoms with van der Waals surface area (Å²) in [6.07, 6.45) is 1.41. The summed E-state index contributed by atoms with van der Waals surface area (Å²) in [5.74, 6) is 0.899. The van der Waals surface area contributed by atoms with Crippen molar-refractivity contribution in [2.45, 2.75) is 13.0 Å². The fraction of sp³-hybridized carbons (Fsp3) is 0.148. The topological polar surface area (TPSA) is 124 Å². The van der Waals surface area contributed by atoms with Gasteiger partial charge in [-0.3, -0.25) is 14.9 Å². The molecule has 0 saturated carbocycles. The molecule has 0 bridgehead atoms. The maximum Gasteiger partial charge on any atom is 0.257 e. The second-order valence-corrected chi connectivity index (χ2v) is 9.99. The number of hydrogen-bond acceptors (Lipinski definition) is 9. The largest absolute Gasteiger partial charge is 0.497 e. The van der Waals surface area contributed by atoms with Gasteiger partial charge in [0.1, 0.15) is 17.4 Å². The fourth-order valence-electron chi connectivity index (χ4n) is 3.32. The van der Waals surface area contributed by atoms with Crippen LogP contribution in [0.2, 0.25) is 10.0 Å². The van der Waals surface area contributed by atoms with Crippen LogP contribution in [0, 0.1) is 0 Å². The van der Waals surface area contributed by atoms with Crippen LogP contribution in [-0.2, 0) is 17.8 Å². The summed E-state index contributed by atoms with van der Waals surface area (Å²) in [7, 11) is 3.07. The predicted molar refractivity (Wildman–Crippen MR) is 154 cm³/mol. The SMILES string of the molecule is COc1ccc(C(=O)Nc2nnc(CC(=O)N/N=C/c3ccc(OCc4ccc(Cl)cc4Cl)c(OC)c3)s2)cc1. The molecule has 10 nitrogen and oxygen atoms in total. The lowest BCUT2D eigenvalue weighted by Crippen LogP contribution is -2.19. The maximum absolute atomic E-state index is 12.4. The summed E-state index contributed by atoms with van der Waals surface area (Å²) in [6, 6.07) is 17.0. The summed E-state index contributed by atoms with van der Waals surface area (Å²) in [5, 5.41) is 16.3. The van der Waals surface area contributed by atoms with Gasteiger partial charge >= 0.3 is 0 Å². The molecule has 0 aliphatic heterocycles. The molecule has 1 heterocycles. The highest BCUT2D eigenvalue weighted by atomic mass is 35.5. The number of halogens is 2. The van der Waals surface area contributed by atoms with E-state index in [4.69, 9.17) is 37.4 Å². The zero-order chi connectivity index (χ0) is 28.5. The number of carbonyl (C=O) groups excluding carboxylic acids is 2. The van der Waals surface area contributed by atoms with Crippen molar-refractivity contribution in [3.8, 4) is 17.2 Å². The Balaban J connectivity index is 1.27. The Bertz CT molecular complexity index is 1530. The van der Waals surface area contributed by atoms with E-state index < -0.39 is 5.91 Å². The van der Waals surface area contributed by atoms with Crippen LogP contribution in [0.1, 0.15) is 26.5 Å². The quantitative estimate of drug-likeness (QED) is 0.175. The first-order chi connectivity index (χ1) is 19.3. The highest BCUT2D eigenvalue weighted by Gasteiger charge is 2.13. The van der Waals surface area contributed by atoms with Crippen LogP contribution in [0.3, 0.4) is 0 Å². The number of rotatable bonds is 11. The highest BCUT2D eigenvalue weighted by Crippen LogP contribution is 2.30. The van der Waals surface area contributed by atoms with Crippen LogP contribution >= 0.6 is 34.5 Å². The smallest absolute Gasteiger partial charge is 0.257 e. The number of anilines is 1. The van der Waals surface area contributed by atoms with Gasteiger partial charge in [-0.1, -0.05) is 40.6 Å². The molecule has 2 amide bonds. The van der Waals surface area contributed by atoms with E-state index in [2.05, 4.69) is 26.0 Å². The number of ether oxygens (including phenoxy) is 3. The first kappa shape index (κ1) is 28.8. The zero-order valence-electron chi connectivity index (χ0n) is 21.3. The number of methoxy groups -OCH3 is 2. The van der Waals surface area contributed by atoms with Crippen molar-refractivity contribution in [2.75, 3.05) is 19.5 Å². The third kappa shape index (κ3) is 7.92. The third-order valence-electron chi connectivity index (χ3n) is 5.34. The van der Waals surface area contributed by atoms with Gasteiger partial charge in [0, 0.05) is 21.2 Å².